The predicted molar refractivity (Wildman–Crippen MR) is 89.0 cm³/mol. The van der Waals surface area contributed by atoms with E-state index in [0.29, 0.717) is 11.5 Å². The van der Waals surface area contributed by atoms with Gasteiger partial charge in [0.25, 0.3) is 0 Å². The number of nitrogens with one attached hydrogen (secondary N) is 1. The van der Waals surface area contributed by atoms with E-state index in [1.54, 1.807) is 0 Å². The van der Waals surface area contributed by atoms with Crippen LogP contribution in [-0.2, 0) is 6.42 Å². The molecule has 2 bridgehead atoms. The Kier molecular flexibility index (Phi) is 2.88. The number of hydrogen-bond donors (Lipinski definition) is 1. The maximum absolute atomic E-state index is 12.8. The lowest BCUT2D eigenvalue weighted by Gasteiger charge is -2.40. The third-order valence-electron chi connectivity index (χ3n) is 7.22. The first-order valence-corrected chi connectivity index (χ1v) is 8.59. The van der Waals surface area contributed by atoms with Crippen LogP contribution in [0.2, 0.25) is 0 Å². The lowest BCUT2D eigenvalue weighted by atomic mass is 9.69. The van der Waals surface area contributed by atoms with E-state index in [2.05, 4.69) is 44.3 Å². The molecule has 0 aromatic heterocycles. The summed E-state index contributed by atoms with van der Waals surface area (Å²) in [6.45, 7) is 7.97. The van der Waals surface area contributed by atoms with Gasteiger partial charge in [-0.15, -0.1) is 0 Å². The molecule has 1 aliphatic heterocycles. The van der Waals surface area contributed by atoms with E-state index in [-0.39, 0.29) is 11.4 Å². The lowest BCUT2D eigenvalue weighted by Crippen LogP contribution is -2.51. The molecule has 2 aliphatic carbocycles. The Bertz CT molecular complexity index is 624. The number of fused-ring (bicyclic) bond motifs is 3. The molecule has 1 heterocycles. The third-order valence-corrected chi connectivity index (χ3v) is 7.22. The Balaban J connectivity index is 1.53. The molecule has 4 rings (SSSR count). The van der Waals surface area contributed by atoms with Crippen LogP contribution in [0.3, 0.4) is 0 Å². The molecule has 3 atom stereocenters. The van der Waals surface area contributed by atoms with Crippen LogP contribution in [0.5, 0.6) is 0 Å². The molecule has 1 aromatic rings. The standard InChI is InChI=1S/C19H26N2O/c1-18(2)14-8-10-19(18,3)16(12-14)20-17(22)21-11-9-13-6-4-5-7-15(13)21/h4-7,14,16H,8-12H2,1-3H3,(H,20,22). The minimum Gasteiger partial charge on any atom is -0.334 e. The highest BCUT2D eigenvalue weighted by molar-refractivity contribution is 5.94. The monoisotopic (exact) mass is 298 g/mol. The number of urea groups is 1. The summed E-state index contributed by atoms with van der Waals surface area (Å²) in [7, 11) is 0. The average Bonchev–Trinajstić information content (AvgIpc) is 3.06. The Labute approximate surface area is 133 Å². The lowest BCUT2D eigenvalue weighted by molar-refractivity contribution is 0.124. The highest BCUT2D eigenvalue weighted by atomic mass is 16.2. The summed E-state index contributed by atoms with van der Waals surface area (Å²) in [5, 5.41) is 3.38. The van der Waals surface area contributed by atoms with E-state index in [4.69, 9.17) is 0 Å². The highest BCUT2D eigenvalue weighted by Gasteiger charge is 2.61. The number of carbonyl (C=O) groups excluding carboxylic acids is 1. The number of carbonyl (C=O) groups is 1. The molecule has 2 saturated carbocycles. The van der Waals surface area contributed by atoms with E-state index >= 15 is 0 Å². The molecule has 2 amide bonds. The number of benzene rings is 1. The van der Waals surface area contributed by atoms with Crippen molar-refractivity contribution in [1.82, 2.24) is 5.32 Å². The SMILES string of the molecule is CC1(C)C2CCC1(C)C(NC(=O)N1CCc3ccccc31)C2. The summed E-state index contributed by atoms with van der Waals surface area (Å²) in [6.07, 6.45) is 4.68. The zero-order chi connectivity index (χ0) is 15.5. The van der Waals surface area contributed by atoms with Crippen LogP contribution >= 0.6 is 0 Å². The van der Waals surface area contributed by atoms with Gasteiger partial charge in [-0.05, 0) is 54.1 Å². The maximum Gasteiger partial charge on any atom is 0.322 e. The van der Waals surface area contributed by atoms with Gasteiger partial charge >= 0.3 is 6.03 Å². The van der Waals surface area contributed by atoms with Crippen molar-refractivity contribution in [1.29, 1.82) is 0 Å². The molecule has 2 fully saturated rings. The number of hydrogen-bond acceptors (Lipinski definition) is 1. The summed E-state index contributed by atoms with van der Waals surface area (Å²) in [6, 6.07) is 8.69. The molecule has 3 aliphatic rings. The van der Waals surface area contributed by atoms with Crippen LogP contribution in [0.25, 0.3) is 0 Å². The van der Waals surface area contributed by atoms with Crippen molar-refractivity contribution >= 4 is 11.7 Å². The summed E-state index contributed by atoms with van der Waals surface area (Å²) in [5.41, 5.74) is 2.96. The van der Waals surface area contributed by atoms with Crippen molar-refractivity contribution in [3.05, 3.63) is 29.8 Å². The van der Waals surface area contributed by atoms with E-state index < -0.39 is 0 Å². The zero-order valence-electron chi connectivity index (χ0n) is 13.9. The van der Waals surface area contributed by atoms with E-state index in [1.807, 2.05) is 11.0 Å². The first-order valence-electron chi connectivity index (χ1n) is 8.59. The van der Waals surface area contributed by atoms with Crippen molar-refractivity contribution in [2.75, 3.05) is 11.4 Å². The van der Waals surface area contributed by atoms with E-state index in [0.717, 1.165) is 31.0 Å². The van der Waals surface area contributed by atoms with E-state index in [1.165, 1.54) is 18.4 Å². The van der Waals surface area contributed by atoms with Crippen molar-refractivity contribution in [3.8, 4) is 0 Å². The van der Waals surface area contributed by atoms with Crippen LogP contribution in [0.15, 0.2) is 24.3 Å². The van der Waals surface area contributed by atoms with Gasteiger partial charge in [-0.1, -0.05) is 39.0 Å². The van der Waals surface area contributed by atoms with Gasteiger partial charge in [-0.3, -0.25) is 4.90 Å². The van der Waals surface area contributed by atoms with Crippen LogP contribution < -0.4 is 10.2 Å². The van der Waals surface area contributed by atoms with Crippen LogP contribution in [0.4, 0.5) is 10.5 Å². The quantitative estimate of drug-likeness (QED) is 0.836. The minimum absolute atomic E-state index is 0.0968. The molecule has 0 saturated heterocycles. The molecule has 0 radical (unpaired) electrons. The minimum atomic E-state index is 0.0968. The Morgan fingerprint density at radius 1 is 1.27 bits per heavy atom. The molecular formula is C19H26N2O. The summed E-state index contributed by atoms with van der Waals surface area (Å²) < 4.78 is 0. The van der Waals surface area contributed by atoms with Gasteiger partial charge in [0.1, 0.15) is 0 Å². The molecule has 22 heavy (non-hydrogen) atoms. The van der Waals surface area contributed by atoms with Gasteiger partial charge in [0.2, 0.25) is 0 Å². The Morgan fingerprint density at radius 2 is 2.05 bits per heavy atom. The number of anilines is 1. The number of amides is 2. The molecule has 3 nitrogen and oxygen atoms in total. The van der Waals surface area contributed by atoms with Gasteiger partial charge < -0.3 is 5.32 Å². The van der Waals surface area contributed by atoms with Crippen molar-refractivity contribution in [2.45, 2.75) is 52.5 Å². The fourth-order valence-electron chi connectivity index (χ4n) is 5.20. The van der Waals surface area contributed by atoms with Crippen molar-refractivity contribution in [2.24, 2.45) is 16.7 Å². The average molecular weight is 298 g/mol. The predicted octanol–water partition coefficient (Wildman–Crippen LogP) is 3.97. The van der Waals surface area contributed by atoms with Gasteiger partial charge in [0.15, 0.2) is 0 Å². The van der Waals surface area contributed by atoms with Crippen molar-refractivity contribution < 1.29 is 4.79 Å². The van der Waals surface area contributed by atoms with E-state index in [9.17, 15) is 4.79 Å². The molecule has 1 N–H and O–H groups in total. The molecular weight excluding hydrogens is 272 g/mol. The van der Waals surface area contributed by atoms with Gasteiger partial charge in [-0.25, -0.2) is 4.79 Å². The molecule has 3 unspecified atom stereocenters. The zero-order valence-corrected chi connectivity index (χ0v) is 13.9. The van der Waals surface area contributed by atoms with Gasteiger partial charge in [0, 0.05) is 18.3 Å². The normalized spacial score (nSPS) is 34.8. The Hall–Kier alpha value is -1.51. The summed E-state index contributed by atoms with van der Waals surface area (Å²) in [5.74, 6) is 0.758. The first kappa shape index (κ1) is 14.1. The van der Waals surface area contributed by atoms with Crippen LogP contribution in [0, 0.1) is 16.7 Å². The maximum atomic E-state index is 12.8. The molecule has 1 aromatic carbocycles. The first-order chi connectivity index (χ1) is 10.4. The third kappa shape index (κ3) is 1.71. The number of nitrogens with zero attached hydrogens (tertiary/aromatic N) is 1. The molecule has 3 heteroatoms. The number of para-hydroxylation sites is 1. The molecule has 118 valence electrons. The van der Waals surface area contributed by atoms with Gasteiger partial charge in [-0.2, -0.15) is 0 Å². The molecule has 0 spiro atoms. The summed E-state index contributed by atoms with van der Waals surface area (Å²) in [4.78, 5) is 14.7. The van der Waals surface area contributed by atoms with Crippen LogP contribution in [0.1, 0.15) is 45.6 Å². The largest absolute Gasteiger partial charge is 0.334 e. The highest BCUT2D eigenvalue weighted by Crippen LogP contribution is 2.65. The fraction of sp³-hybridized carbons (Fsp3) is 0.632. The second-order valence-corrected chi connectivity index (χ2v) is 8.14. The van der Waals surface area contributed by atoms with Crippen molar-refractivity contribution in [3.63, 3.8) is 0 Å². The topological polar surface area (TPSA) is 32.3 Å². The second-order valence-electron chi connectivity index (χ2n) is 8.14. The number of rotatable bonds is 1. The van der Waals surface area contributed by atoms with Crippen LogP contribution in [-0.4, -0.2) is 18.6 Å². The Morgan fingerprint density at radius 3 is 2.73 bits per heavy atom. The summed E-state index contributed by atoms with van der Waals surface area (Å²) >= 11 is 0. The second kappa shape index (κ2) is 4.50. The fourth-order valence-corrected chi connectivity index (χ4v) is 5.20. The van der Waals surface area contributed by atoms with Gasteiger partial charge in [0.05, 0.1) is 0 Å². The smallest absolute Gasteiger partial charge is 0.322 e.